The van der Waals surface area contributed by atoms with Crippen LogP contribution in [-0.2, 0) is 11.8 Å². The molecule has 0 N–H and O–H groups in total. The van der Waals surface area contributed by atoms with Crippen LogP contribution in [0.2, 0.25) is 0 Å². The predicted octanol–water partition coefficient (Wildman–Crippen LogP) is 6.68. The zero-order valence-corrected chi connectivity index (χ0v) is 22.9. The van der Waals surface area contributed by atoms with E-state index in [0.29, 0.717) is 11.5 Å². The van der Waals surface area contributed by atoms with Gasteiger partial charge in [-0.15, -0.1) is 5.10 Å². The molecule has 0 bridgehead atoms. The fourth-order valence-electron chi connectivity index (χ4n) is 6.19. The van der Waals surface area contributed by atoms with Crippen LogP contribution in [0.25, 0.3) is 16.8 Å². The lowest BCUT2D eigenvalue weighted by molar-refractivity contribution is 0.0599. The van der Waals surface area contributed by atoms with Gasteiger partial charge in [0.25, 0.3) is 0 Å². The molecule has 2 fully saturated rings. The smallest absolute Gasteiger partial charge is 0.339 e. The average molecular weight is 525 g/mol. The van der Waals surface area contributed by atoms with Crippen molar-refractivity contribution >= 4 is 5.97 Å². The van der Waals surface area contributed by atoms with Gasteiger partial charge in [-0.2, -0.15) is 0 Å². The Morgan fingerprint density at radius 2 is 1.77 bits per heavy atom. The van der Waals surface area contributed by atoms with Gasteiger partial charge in [0.1, 0.15) is 5.75 Å². The predicted molar refractivity (Wildman–Crippen MR) is 150 cm³/mol. The molecular formula is C32H36N4O3. The highest BCUT2D eigenvalue weighted by atomic mass is 16.5. The molecule has 0 amide bonds. The first-order valence-corrected chi connectivity index (χ1v) is 14.0. The number of ether oxygens (including phenoxy) is 2. The molecule has 3 atom stereocenters. The Morgan fingerprint density at radius 3 is 2.51 bits per heavy atom. The number of nitrogens with zero attached hydrogens (tertiary/aromatic N) is 4. The molecule has 2 aromatic heterocycles. The lowest BCUT2D eigenvalue weighted by Gasteiger charge is -2.28. The number of carbonyl (C=O) groups excluding carboxylic acids is 1. The molecule has 2 aliphatic carbocycles. The molecule has 0 unspecified atom stereocenters. The maximum Gasteiger partial charge on any atom is 0.339 e. The zero-order chi connectivity index (χ0) is 26.9. The fraction of sp³-hybridized carbons (Fsp3) is 0.406. The molecular weight excluding hydrogens is 488 g/mol. The summed E-state index contributed by atoms with van der Waals surface area (Å²) in [7, 11) is 3.31. The normalized spacial score (nSPS) is 20.0. The number of esters is 1. The first-order valence-electron chi connectivity index (χ1n) is 14.0. The third-order valence-electron chi connectivity index (χ3n) is 8.40. The van der Waals surface area contributed by atoms with E-state index in [1.165, 1.54) is 39.2 Å². The summed E-state index contributed by atoms with van der Waals surface area (Å²) >= 11 is 0. The molecule has 0 saturated heterocycles. The summed E-state index contributed by atoms with van der Waals surface area (Å²) in [4.78, 5) is 12.7. The largest absolute Gasteiger partial charge is 0.490 e. The number of aryl methyl sites for hydroxylation is 1. The molecule has 2 saturated carbocycles. The van der Waals surface area contributed by atoms with Crippen LogP contribution in [0.4, 0.5) is 0 Å². The van der Waals surface area contributed by atoms with E-state index < -0.39 is 0 Å². The van der Waals surface area contributed by atoms with Gasteiger partial charge < -0.3 is 14.0 Å². The lowest BCUT2D eigenvalue weighted by atomic mass is 9.86. The summed E-state index contributed by atoms with van der Waals surface area (Å²) in [5.74, 6) is 1.64. The van der Waals surface area contributed by atoms with Crippen LogP contribution in [0.5, 0.6) is 5.75 Å². The van der Waals surface area contributed by atoms with E-state index in [0.717, 1.165) is 40.4 Å². The minimum absolute atomic E-state index is 0.174. The third kappa shape index (κ3) is 5.22. The Hall–Kier alpha value is -3.87. The second-order valence-electron chi connectivity index (χ2n) is 11.0. The van der Waals surface area contributed by atoms with Crippen molar-refractivity contribution in [2.75, 3.05) is 7.11 Å². The molecule has 7 heteroatoms. The van der Waals surface area contributed by atoms with Gasteiger partial charge in [-0.1, -0.05) is 48.7 Å². The van der Waals surface area contributed by atoms with E-state index in [2.05, 4.69) is 70.3 Å². The van der Waals surface area contributed by atoms with E-state index in [1.807, 2.05) is 25.5 Å². The van der Waals surface area contributed by atoms with Crippen molar-refractivity contribution in [2.45, 2.75) is 63.4 Å². The minimum Gasteiger partial charge on any atom is -0.490 e. The highest BCUT2D eigenvalue weighted by Gasteiger charge is 2.45. The summed E-state index contributed by atoms with van der Waals surface area (Å²) in [6.07, 6.45) is 11.6. The van der Waals surface area contributed by atoms with Crippen LogP contribution in [0.3, 0.4) is 0 Å². The van der Waals surface area contributed by atoms with Gasteiger partial charge in [0.2, 0.25) is 0 Å². The van der Waals surface area contributed by atoms with E-state index in [1.54, 1.807) is 4.68 Å². The molecule has 6 rings (SSSR count). The highest BCUT2D eigenvalue weighted by Crippen LogP contribution is 2.55. The van der Waals surface area contributed by atoms with Crippen molar-refractivity contribution in [2.24, 2.45) is 13.0 Å². The van der Waals surface area contributed by atoms with Crippen molar-refractivity contribution in [3.63, 3.8) is 0 Å². The van der Waals surface area contributed by atoms with Gasteiger partial charge in [0.15, 0.2) is 0 Å². The highest BCUT2D eigenvalue weighted by molar-refractivity contribution is 5.91. The Balaban J connectivity index is 1.29. The maximum absolute atomic E-state index is 12.7. The zero-order valence-electron chi connectivity index (χ0n) is 22.9. The van der Waals surface area contributed by atoms with Crippen LogP contribution in [0.1, 0.15) is 79.0 Å². The van der Waals surface area contributed by atoms with Crippen LogP contribution >= 0.6 is 0 Å². The summed E-state index contributed by atoms with van der Waals surface area (Å²) < 4.78 is 15.4. The van der Waals surface area contributed by atoms with Gasteiger partial charge in [-0.25, -0.2) is 4.79 Å². The fourth-order valence-corrected chi connectivity index (χ4v) is 6.19. The standard InChI is InChI=1S/C32H36N4O3/c1-21(22-9-5-4-6-10-22)39-26-14-8-12-24(18-26)23-11-7-13-25(17-23)36-16-15-27(32(37)38-3)31(36)29-19-28(29)30-20-35(2)34-33-30/h7-8,11-18,20-22,28-29H,4-6,9-10,19H2,1-3H3/t21-,28+,29+/m0/s1. The van der Waals surface area contributed by atoms with Crippen molar-refractivity contribution in [3.8, 4) is 22.6 Å². The van der Waals surface area contributed by atoms with E-state index in [4.69, 9.17) is 9.47 Å². The van der Waals surface area contributed by atoms with E-state index in [9.17, 15) is 4.79 Å². The van der Waals surface area contributed by atoms with Gasteiger partial charge in [-0.3, -0.25) is 4.68 Å². The first-order chi connectivity index (χ1) is 19.0. The van der Waals surface area contributed by atoms with Gasteiger partial charge >= 0.3 is 5.97 Å². The van der Waals surface area contributed by atoms with Crippen molar-refractivity contribution in [1.82, 2.24) is 19.6 Å². The average Bonchev–Trinajstić information content (AvgIpc) is 3.42. The van der Waals surface area contributed by atoms with Crippen molar-refractivity contribution in [3.05, 3.63) is 83.9 Å². The number of carbonyl (C=O) groups is 1. The monoisotopic (exact) mass is 524 g/mol. The SMILES string of the molecule is COC(=O)c1ccn(-c2cccc(-c3cccc(O[C@@H](C)C4CCCCC4)c3)c2)c1[C@@H]1C[C@H]1c1cn(C)nn1. The molecule has 0 spiro atoms. The van der Waals surface area contributed by atoms with Crippen LogP contribution in [0, 0.1) is 5.92 Å². The number of aromatic nitrogens is 4. The summed E-state index contributed by atoms with van der Waals surface area (Å²) in [5.41, 5.74) is 5.74. The van der Waals surface area contributed by atoms with Crippen LogP contribution in [-0.4, -0.2) is 38.7 Å². The number of hydrogen-bond acceptors (Lipinski definition) is 5. The van der Waals surface area contributed by atoms with Gasteiger partial charge in [0, 0.05) is 42.7 Å². The quantitative estimate of drug-likeness (QED) is 0.241. The minimum atomic E-state index is -0.318. The molecule has 7 nitrogen and oxygen atoms in total. The molecule has 2 aromatic carbocycles. The Morgan fingerprint density at radius 1 is 1.00 bits per heavy atom. The van der Waals surface area contributed by atoms with Crippen LogP contribution in [0.15, 0.2) is 67.0 Å². The number of rotatable bonds is 8. The lowest BCUT2D eigenvalue weighted by Crippen LogP contribution is -2.25. The Kier molecular flexibility index (Phi) is 6.98. The molecule has 39 heavy (non-hydrogen) atoms. The third-order valence-corrected chi connectivity index (χ3v) is 8.40. The second-order valence-corrected chi connectivity index (χ2v) is 11.0. The Labute approximate surface area is 229 Å². The van der Waals surface area contributed by atoms with Crippen molar-refractivity contribution in [1.29, 1.82) is 0 Å². The van der Waals surface area contributed by atoms with E-state index in [-0.39, 0.29) is 23.9 Å². The molecule has 0 radical (unpaired) electrons. The van der Waals surface area contributed by atoms with Gasteiger partial charge in [-0.05, 0) is 73.6 Å². The molecule has 4 aromatic rings. The maximum atomic E-state index is 12.7. The molecule has 2 heterocycles. The number of benzene rings is 2. The van der Waals surface area contributed by atoms with Crippen LogP contribution < -0.4 is 4.74 Å². The summed E-state index contributed by atoms with van der Waals surface area (Å²) in [6.45, 7) is 2.21. The summed E-state index contributed by atoms with van der Waals surface area (Å²) in [6, 6.07) is 18.7. The Bertz CT molecular complexity index is 1470. The van der Waals surface area contributed by atoms with Gasteiger partial charge in [0.05, 0.1) is 24.5 Å². The van der Waals surface area contributed by atoms with E-state index >= 15 is 0 Å². The molecule has 2 aliphatic rings. The molecule has 0 aliphatic heterocycles. The second kappa shape index (κ2) is 10.7. The van der Waals surface area contributed by atoms with Crippen molar-refractivity contribution < 1.29 is 14.3 Å². The first kappa shape index (κ1) is 25.4. The molecule has 202 valence electrons. The number of methoxy groups -OCH3 is 1. The summed E-state index contributed by atoms with van der Waals surface area (Å²) in [5, 5.41) is 8.43. The topological polar surface area (TPSA) is 71.2 Å². The number of hydrogen-bond donors (Lipinski definition) is 0.